The first-order valence-corrected chi connectivity index (χ1v) is 12.9. The Labute approximate surface area is 197 Å². The number of allylic oxidation sites excluding steroid dienone is 2. The van der Waals surface area contributed by atoms with Gasteiger partial charge in [0.15, 0.2) is 0 Å². The normalized spacial score (nSPS) is 31.9. The van der Waals surface area contributed by atoms with Crippen LogP contribution in [0.5, 0.6) is 5.75 Å². The molecule has 4 unspecified atom stereocenters. The van der Waals surface area contributed by atoms with Gasteiger partial charge >= 0.3 is 5.97 Å². The molecule has 0 bridgehead atoms. The second kappa shape index (κ2) is 11.0. The largest absolute Gasteiger partial charge is 0.426 e. The topological polar surface area (TPSA) is 26.3 Å². The molecule has 1 aromatic rings. The van der Waals surface area contributed by atoms with Gasteiger partial charge in [-0.05, 0) is 107 Å². The van der Waals surface area contributed by atoms with Crippen LogP contribution >= 0.6 is 0 Å². The zero-order valence-corrected chi connectivity index (χ0v) is 19.7. The minimum Gasteiger partial charge on any atom is -0.426 e. The maximum Gasteiger partial charge on any atom is 0.314 e. The number of hydrogen-bond acceptors (Lipinski definition) is 2. The first-order chi connectivity index (χ1) is 16.0. The first kappa shape index (κ1) is 24.2. The van der Waals surface area contributed by atoms with Crippen molar-refractivity contribution in [2.75, 3.05) is 0 Å². The average Bonchev–Trinajstić information content (AvgIpc) is 2.83. The fourth-order valence-electron chi connectivity index (χ4n) is 6.75. The minimum atomic E-state index is -0.666. The Morgan fingerprint density at radius 1 is 0.879 bits per heavy atom. The summed E-state index contributed by atoms with van der Waals surface area (Å²) in [6.45, 7) is 7.59. The van der Waals surface area contributed by atoms with Gasteiger partial charge in [0, 0.05) is 17.7 Å². The van der Waals surface area contributed by atoms with Crippen molar-refractivity contribution in [3.63, 3.8) is 0 Å². The zero-order valence-electron chi connectivity index (χ0n) is 19.7. The minimum absolute atomic E-state index is 0.0166. The van der Waals surface area contributed by atoms with Crippen molar-refractivity contribution < 1.29 is 18.3 Å². The van der Waals surface area contributed by atoms with E-state index in [-0.39, 0.29) is 29.6 Å². The molecule has 0 amide bonds. The molecule has 2 nitrogen and oxygen atoms in total. The lowest BCUT2D eigenvalue weighted by Gasteiger charge is -2.45. The molecule has 1 aromatic carbocycles. The number of fused-ring (bicyclic) bond motifs is 1. The number of halogens is 2. The molecule has 3 aliphatic rings. The molecule has 180 valence electrons. The molecule has 0 heterocycles. The van der Waals surface area contributed by atoms with Gasteiger partial charge in [-0.2, -0.15) is 0 Å². The van der Waals surface area contributed by atoms with Crippen LogP contribution in [-0.4, -0.2) is 5.97 Å². The first-order valence-electron chi connectivity index (χ1n) is 12.9. The second-order valence-electron chi connectivity index (χ2n) is 10.6. The maximum atomic E-state index is 14.3. The molecule has 0 saturated heterocycles. The highest BCUT2D eigenvalue weighted by molar-refractivity contribution is 5.75. The molecule has 0 aromatic heterocycles. The van der Waals surface area contributed by atoms with E-state index in [1.165, 1.54) is 38.5 Å². The molecule has 33 heavy (non-hydrogen) atoms. The molecular weight excluding hydrogens is 418 g/mol. The summed E-state index contributed by atoms with van der Waals surface area (Å²) in [5, 5.41) is 0. The van der Waals surface area contributed by atoms with Gasteiger partial charge in [0.2, 0.25) is 0 Å². The van der Waals surface area contributed by atoms with E-state index in [1.807, 2.05) is 0 Å². The molecule has 0 radical (unpaired) electrons. The summed E-state index contributed by atoms with van der Waals surface area (Å²) in [5.41, 5.74) is 0.0166. The lowest BCUT2D eigenvalue weighted by Crippen LogP contribution is -2.35. The number of carbonyl (C=O) groups is 1. The van der Waals surface area contributed by atoms with Crippen molar-refractivity contribution >= 4 is 5.97 Å². The Kier molecular flexibility index (Phi) is 8.03. The Morgan fingerprint density at radius 2 is 1.45 bits per heavy atom. The second-order valence-corrected chi connectivity index (χ2v) is 10.6. The van der Waals surface area contributed by atoms with Crippen molar-refractivity contribution in [2.45, 2.75) is 77.0 Å². The quantitative estimate of drug-likeness (QED) is 0.237. The van der Waals surface area contributed by atoms with Crippen LogP contribution in [0.4, 0.5) is 8.78 Å². The number of rotatable bonds is 7. The molecule has 4 rings (SSSR count). The van der Waals surface area contributed by atoms with E-state index in [0.29, 0.717) is 12.3 Å². The van der Waals surface area contributed by atoms with Crippen LogP contribution in [0.3, 0.4) is 0 Å². The monoisotopic (exact) mass is 456 g/mol. The van der Waals surface area contributed by atoms with E-state index in [4.69, 9.17) is 4.74 Å². The summed E-state index contributed by atoms with van der Waals surface area (Å²) >= 11 is 0. The third-order valence-electron chi connectivity index (χ3n) is 8.73. The lowest BCUT2D eigenvalue weighted by atomic mass is 9.61. The predicted octanol–water partition coefficient (Wildman–Crippen LogP) is 7.81. The number of carbonyl (C=O) groups excluding carboxylic acids is 1. The van der Waals surface area contributed by atoms with Crippen molar-refractivity contribution in [3.05, 3.63) is 54.6 Å². The Balaban J connectivity index is 1.26. The summed E-state index contributed by atoms with van der Waals surface area (Å²) in [6, 6.07) is 2.26. The van der Waals surface area contributed by atoms with Crippen LogP contribution in [0.2, 0.25) is 0 Å². The van der Waals surface area contributed by atoms with Crippen molar-refractivity contribution in [1.82, 2.24) is 0 Å². The van der Waals surface area contributed by atoms with Gasteiger partial charge in [-0.15, -0.1) is 13.2 Å². The third kappa shape index (κ3) is 5.75. The average molecular weight is 457 g/mol. The van der Waals surface area contributed by atoms with Crippen LogP contribution in [0, 0.1) is 47.1 Å². The molecule has 4 heteroatoms. The van der Waals surface area contributed by atoms with Gasteiger partial charge in [0.25, 0.3) is 0 Å². The van der Waals surface area contributed by atoms with Gasteiger partial charge in [0.1, 0.15) is 17.4 Å². The molecule has 0 N–H and O–H groups in total. The molecule has 0 aliphatic heterocycles. The smallest absolute Gasteiger partial charge is 0.314 e. The summed E-state index contributed by atoms with van der Waals surface area (Å²) in [7, 11) is 0. The summed E-state index contributed by atoms with van der Waals surface area (Å²) in [4.78, 5) is 12.7. The van der Waals surface area contributed by atoms with Crippen molar-refractivity contribution in [1.29, 1.82) is 0 Å². The van der Waals surface area contributed by atoms with E-state index in [0.717, 1.165) is 61.5 Å². The predicted molar refractivity (Wildman–Crippen MR) is 128 cm³/mol. The van der Waals surface area contributed by atoms with Crippen LogP contribution in [0.25, 0.3) is 0 Å². The Morgan fingerprint density at radius 3 is 2.09 bits per heavy atom. The van der Waals surface area contributed by atoms with E-state index < -0.39 is 11.6 Å². The third-order valence-corrected chi connectivity index (χ3v) is 8.73. The van der Waals surface area contributed by atoms with Gasteiger partial charge in [0.05, 0.1) is 5.92 Å². The number of hydrogen-bond donors (Lipinski definition) is 0. The molecular formula is C29H38F2O2. The fraction of sp³-hybridized carbons (Fsp3) is 0.621. The highest BCUT2D eigenvalue weighted by Gasteiger charge is 2.39. The Bertz CT molecular complexity index is 832. The van der Waals surface area contributed by atoms with E-state index in [2.05, 4.69) is 19.2 Å². The van der Waals surface area contributed by atoms with E-state index in [1.54, 1.807) is 6.08 Å². The van der Waals surface area contributed by atoms with Crippen molar-refractivity contribution in [2.24, 2.45) is 35.5 Å². The molecule has 3 fully saturated rings. The van der Waals surface area contributed by atoms with Gasteiger partial charge in [-0.3, -0.25) is 4.79 Å². The zero-order chi connectivity index (χ0) is 23.4. The number of ether oxygens (including phenoxy) is 1. The number of benzene rings is 1. The standard InChI is InChI=1S/C29H38F2O2/c1-3-5-6-26-27(30)17-25(18-28(26)31)33-29(32)21-11-9-20(10-12-21)23-14-13-22-15-19(4-2)7-8-24(22)16-23/h3-4,17-24H,1-2,5-16H2. The fourth-order valence-corrected chi connectivity index (χ4v) is 6.75. The van der Waals surface area contributed by atoms with Crippen LogP contribution < -0.4 is 4.74 Å². The van der Waals surface area contributed by atoms with Gasteiger partial charge < -0.3 is 4.74 Å². The summed E-state index contributed by atoms with van der Waals surface area (Å²) in [5.74, 6) is 2.07. The van der Waals surface area contributed by atoms with Crippen molar-refractivity contribution in [3.8, 4) is 5.75 Å². The molecule has 4 atom stereocenters. The summed E-state index contributed by atoms with van der Waals surface area (Å²) in [6.07, 6.45) is 16.3. The number of esters is 1. The highest BCUT2D eigenvalue weighted by atomic mass is 19.1. The van der Waals surface area contributed by atoms with Gasteiger partial charge in [-0.1, -0.05) is 12.2 Å². The maximum absolute atomic E-state index is 14.3. The van der Waals surface area contributed by atoms with E-state index >= 15 is 0 Å². The van der Waals surface area contributed by atoms with Gasteiger partial charge in [-0.25, -0.2) is 8.78 Å². The SMILES string of the molecule is C=CCCc1c(F)cc(OC(=O)C2CCC(C3CCC4CC(C=C)CCC4C3)CC2)cc1F. The molecule has 3 aliphatic carbocycles. The summed E-state index contributed by atoms with van der Waals surface area (Å²) < 4.78 is 33.9. The Hall–Kier alpha value is -1.97. The van der Waals surface area contributed by atoms with Crippen LogP contribution in [0.1, 0.15) is 76.2 Å². The van der Waals surface area contributed by atoms with E-state index in [9.17, 15) is 13.6 Å². The highest BCUT2D eigenvalue weighted by Crippen LogP contribution is 2.49. The van der Waals surface area contributed by atoms with Crippen LogP contribution in [0.15, 0.2) is 37.4 Å². The molecule has 0 spiro atoms. The molecule has 3 saturated carbocycles. The lowest BCUT2D eigenvalue weighted by molar-refractivity contribution is -0.140. The van der Waals surface area contributed by atoms with Crippen LogP contribution in [-0.2, 0) is 11.2 Å².